The highest BCUT2D eigenvalue weighted by Gasteiger charge is 2.24. The van der Waals surface area contributed by atoms with Gasteiger partial charge in [-0.3, -0.25) is 19.7 Å². The first-order valence-electron chi connectivity index (χ1n) is 8.34. The van der Waals surface area contributed by atoms with Crippen LogP contribution in [-0.4, -0.2) is 51.7 Å². The average Bonchev–Trinajstić information content (AvgIpc) is 2.91. The van der Waals surface area contributed by atoms with Crippen molar-refractivity contribution >= 4 is 11.6 Å². The van der Waals surface area contributed by atoms with Crippen LogP contribution in [0, 0.1) is 17.0 Å². The van der Waals surface area contributed by atoms with E-state index in [1.54, 1.807) is 24.0 Å². The number of carbonyl (C=O) groups excluding carboxylic acids is 1. The maximum Gasteiger partial charge on any atom is 0.294 e. The predicted octanol–water partition coefficient (Wildman–Crippen LogP) is 0.885. The summed E-state index contributed by atoms with van der Waals surface area (Å²) >= 11 is 0. The van der Waals surface area contributed by atoms with E-state index in [4.69, 9.17) is 0 Å². The quantitative estimate of drug-likeness (QED) is 0.645. The van der Waals surface area contributed by atoms with Gasteiger partial charge >= 0.3 is 0 Å². The summed E-state index contributed by atoms with van der Waals surface area (Å²) < 4.78 is 1.28. The van der Waals surface area contributed by atoms with Crippen molar-refractivity contribution in [3.05, 3.63) is 62.1 Å². The summed E-state index contributed by atoms with van der Waals surface area (Å²) in [7, 11) is 0. The van der Waals surface area contributed by atoms with Crippen molar-refractivity contribution < 1.29 is 9.72 Å². The molecule has 1 aliphatic rings. The van der Waals surface area contributed by atoms with Crippen LogP contribution >= 0.6 is 0 Å². The van der Waals surface area contributed by atoms with Gasteiger partial charge in [-0.2, -0.15) is 5.10 Å². The highest BCUT2D eigenvalue weighted by atomic mass is 16.6. The zero-order valence-corrected chi connectivity index (χ0v) is 14.3. The van der Waals surface area contributed by atoms with Crippen LogP contribution in [0.4, 0.5) is 5.69 Å². The van der Waals surface area contributed by atoms with Crippen LogP contribution in [0.3, 0.4) is 0 Å². The number of para-hydroxylation sites is 2. The lowest BCUT2D eigenvalue weighted by Gasteiger charge is -2.20. The third-order valence-electron chi connectivity index (χ3n) is 4.24. The number of nitrogens with one attached hydrogen (secondary N) is 1. The summed E-state index contributed by atoms with van der Waals surface area (Å²) in [4.78, 5) is 37.5. The summed E-state index contributed by atoms with van der Waals surface area (Å²) in [6, 6.07) is 7.37. The molecule has 136 valence electrons. The summed E-state index contributed by atoms with van der Waals surface area (Å²) in [5.74, 6) is -0.453. The minimum Gasteiger partial charge on any atom is -0.336 e. The third kappa shape index (κ3) is 3.47. The molecule has 0 unspecified atom stereocenters. The molecule has 0 saturated carbocycles. The van der Waals surface area contributed by atoms with Gasteiger partial charge in [0.15, 0.2) is 5.69 Å². The molecule has 1 aromatic heterocycles. The molecule has 2 heterocycles. The number of hydrogen-bond acceptors (Lipinski definition) is 6. The Morgan fingerprint density at radius 3 is 2.81 bits per heavy atom. The standard InChI is InChI=1S/C17H19N5O4/c1-12-11-15(23)16(17(24)20-9-4-7-18-8-10-20)19-21(12)13-5-2-3-6-14(13)22(25)26/h2-3,5-6,11,18H,4,7-10H2,1H3. The Labute approximate surface area is 149 Å². The van der Waals surface area contributed by atoms with Gasteiger partial charge in [-0.1, -0.05) is 12.1 Å². The largest absolute Gasteiger partial charge is 0.336 e. The molecule has 9 nitrogen and oxygen atoms in total. The van der Waals surface area contributed by atoms with Gasteiger partial charge in [0.2, 0.25) is 5.43 Å². The molecule has 0 spiro atoms. The van der Waals surface area contributed by atoms with Crippen LogP contribution < -0.4 is 10.7 Å². The topological polar surface area (TPSA) is 110 Å². The number of aryl methyl sites for hydroxylation is 1. The highest BCUT2D eigenvalue weighted by Crippen LogP contribution is 2.22. The maximum absolute atomic E-state index is 12.8. The van der Waals surface area contributed by atoms with Crippen molar-refractivity contribution in [1.82, 2.24) is 20.0 Å². The number of rotatable bonds is 3. The molecule has 26 heavy (non-hydrogen) atoms. The van der Waals surface area contributed by atoms with Gasteiger partial charge in [0, 0.05) is 37.5 Å². The van der Waals surface area contributed by atoms with E-state index in [-0.39, 0.29) is 17.1 Å². The summed E-state index contributed by atoms with van der Waals surface area (Å²) in [5.41, 5.74) is -0.237. The van der Waals surface area contributed by atoms with Gasteiger partial charge in [0.05, 0.1) is 4.92 Å². The maximum atomic E-state index is 12.8. The van der Waals surface area contributed by atoms with Crippen molar-refractivity contribution in [1.29, 1.82) is 0 Å². The average molecular weight is 357 g/mol. The van der Waals surface area contributed by atoms with Crippen LogP contribution in [0.1, 0.15) is 22.6 Å². The first-order valence-corrected chi connectivity index (χ1v) is 8.34. The molecule has 0 bridgehead atoms. The molecule has 0 atom stereocenters. The monoisotopic (exact) mass is 357 g/mol. The molecule has 2 aromatic rings. The molecule has 0 aliphatic carbocycles. The molecule has 1 aromatic carbocycles. The lowest BCUT2D eigenvalue weighted by atomic mass is 10.2. The normalized spacial score (nSPS) is 14.7. The molecule has 1 fully saturated rings. The fourth-order valence-electron chi connectivity index (χ4n) is 2.94. The predicted molar refractivity (Wildman–Crippen MR) is 94.6 cm³/mol. The summed E-state index contributed by atoms with van der Waals surface area (Å²) in [6.45, 7) is 4.10. The molecule has 1 aliphatic heterocycles. The van der Waals surface area contributed by atoms with Crippen molar-refractivity contribution in [2.24, 2.45) is 0 Å². The van der Waals surface area contributed by atoms with Gasteiger partial charge in [0.25, 0.3) is 11.6 Å². The van der Waals surface area contributed by atoms with E-state index in [0.717, 1.165) is 13.0 Å². The number of benzene rings is 1. The third-order valence-corrected chi connectivity index (χ3v) is 4.24. The van der Waals surface area contributed by atoms with E-state index in [2.05, 4.69) is 10.4 Å². The first-order chi connectivity index (χ1) is 12.5. The van der Waals surface area contributed by atoms with Gasteiger partial charge < -0.3 is 10.2 Å². The first kappa shape index (κ1) is 17.7. The minimum absolute atomic E-state index is 0.149. The Balaban J connectivity index is 2.07. The molecule has 1 saturated heterocycles. The number of amides is 1. The highest BCUT2D eigenvalue weighted by molar-refractivity contribution is 5.92. The Morgan fingerprint density at radius 1 is 1.27 bits per heavy atom. The fraction of sp³-hybridized carbons (Fsp3) is 0.353. The number of nitro benzene ring substituents is 1. The minimum atomic E-state index is -0.517. The molecular weight excluding hydrogens is 338 g/mol. The van der Waals surface area contributed by atoms with Crippen LogP contribution in [0.25, 0.3) is 5.69 Å². The van der Waals surface area contributed by atoms with E-state index in [1.165, 1.54) is 22.9 Å². The van der Waals surface area contributed by atoms with Crippen molar-refractivity contribution in [3.63, 3.8) is 0 Å². The van der Waals surface area contributed by atoms with Crippen molar-refractivity contribution in [2.75, 3.05) is 26.2 Å². The van der Waals surface area contributed by atoms with Crippen molar-refractivity contribution in [2.45, 2.75) is 13.3 Å². The Bertz CT molecular complexity index is 900. The second-order valence-corrected chi connectivity index (χ2v) is 6.05. The van der Waals surface area contributed by atoms with Gasteiger partial charge in [-0.05, 0) is 26.0 Å². The van der Waals surface area contributed by atoms with Crippen molar-refractivity contribution in [3.8, 4) is 5.69 Å². The second-order valence-electron chi connectivity index (χ2n) is 6.05. The molecule has 1 amide bonds. The number of nitrogens with zero attached hydrogens (tertiary/aromatic N) is 4. The second kappa shape index (κ2) is 7.44. The molecule has 3 rings (SSSR count). The van der Waals surface area contributed by atoms with E-state index < -0.39 is 16.3 Å². The van der Waals surface area contributed by atoms with Crippen LogP contribution in [0.15, 0.2) is 35.1 Å². The SMILES string of the molecule is Cc1cc(=O)c(C(=O)N2CCCNCC2)nn1-c1ccccc1[N+](=O)[O-]. The summed E-state index contributed by atoms with van der Waals surface area (Å²) in [6.07, 6.45) is 0.788. The molecule has 0 radical (unpaired) electrons. The fourth-order valence-corrected chi connectivity index (χ4v) is 2.94. The number of carbonyl (C=O) groups is 1. The van der Waals surface area contributed by atoms with Gasteiger partial charge in [-0.15, -0.1) is 0 Å². The van der Waals surface area contributed by atoms with E-state index in [0.29, 0.717) is 25.3 Å². The number of hydrogen-bond donors (Lipinski definition) is 1. The van der Waals surface area contributed by atoms with E-state index >= 15 is 0 Å². The molecular formula is C17H19N5O4. The summed E-state index contributed by atoms with van der Waals surface area (Å²) in [5, 5.41) is 18.7. The Kier molecular flexibility index (Phi) is 5.08. The van der Waals surface area contributed by atoms with Gasteiger partial charge in [-0.25, -0.2) is 4.68 Å². The zero-order chi connectivity index (χ0) is 18.7. The van der Waals surface area contributed by atoms with Gasteiger partial charge in [0.1, 0.15) is 5.69 Å². The zero-order valence-electron chi connectivity index (χ0n) is 14.3. The van der Waals surface area contributed by atoms with E-state index in [1.807, 2.05) is 0 Å². The Morgan fingerprint density at radius 2 is 2.04 bits per heavy atom. The lowest BCUT2D eigenvalue weighted by molar-refractivity contribution is -0.384. The van der Waals surface area contributed by atoms with Crippen LogP contribution in [-0.2, 0) is 0 Å². The molecule has 1 N–H and O–H groups in total. The number of nitro groups is 1. The smallest absolute Gasteiger partial charge is 0.294 e. The van der Waals surface area contributed by atoms with E-state index in [9.17, 15) is 19.7 Å². The van der Waals surface area contributed by atoms with Crippen LogP contribution in [0.5, 0.6) is 0 Å². The molecule has 9 heteroatoms. The van der Waals surface area contributed by atoms with Crippen LogP contribution in [0.2, 0.25) is 0 Å². The number of aromatic nitrogens is 2. The lowest BCUT2D eigenvalue weighted by Crippen LogP contribution is -2.38. The Hall–Kier alpha value is -3.07.